The Morgan fingerprint density at radius 1 is 1.04 bits per heavy atom. The number of hydrogen-bond acceptors (Lipinski definition) is 4. The molecule has 0 radical (unpaired) electrons. The van der Waals surface area contributed by atoms with Crippen molar-refractivity contribution in [3.63, 3.8) is 0 Å². The Kier molecular flexibility index (Phi) is 5.20. The number of para-hydroxylation sites is 1. The van der Waals surface area contributed by atoms with Gasteiger partial charge in [-0.1, -0.05) is 30.0 Å². The van der Waals surface area contributed by atoms with Crippen molar-refractivity contribution in [2.75, 3.05) is 31.6 Å². The molecule has 3 fully saturated rings. The summed E-state index contributed by atoms with van der Waals surface area (Å²) >= 11 is 1.87. The van der Waals surface area contributed by atoms with Gasteiger partial charge in [-0.25, -0.2) is 0 Å². The Labute approximate surface area is 166 Å². The van der Waals surface area contributed by atoms with E-state index in [1.165, 1.54) is 52.7 Å². The molecule has 3 saturated heterocycles. The number of piperidine rings is 3. The van der Waals surface area contributed by atoms with Crippen molar-refractivity contribution in [3.05, 3.63) is 48.0 Å². The summed E-state index contributed by atoms with van der Waals surface area (Å²) in [6, 6.07) is 15.4. The van der Waals surface area contributed by atoms with Gasteiger partial charge in [-0.15, -0.1) is 12.4 Å². The minimum atomic E-state index is 0. The lowest BCUT2D eigenvalue weighted by Crippen LogP contribution is -2.51. The molecule has 4 aliphatic rings. The lowest BCUT2D eigenvalue weighted by molar-refractivity contribution is -0.0766. The first-order chi connectivity index (χ1) is 12.3. The third-order valence-electron chi connectivity index (χ3n) is 5.89. The van der Waals surface area contributed by atoms with Gasteiger partial charge in [0.1, 0.15) is 0 Å². The first kappa shape index (κ1) is 18.2. The molecule has 2 aromatic carbocycles. The molecular weight excluding hydrogens is 364 g/mol. The Bertz CT molecular complexity index is 791. The third kappa shape index (κ3) is 3.24. The van der Waals surface area contributed by atoms with Gasteiger partial charge in [0.25, 0.3) is 0 Å². The molecule has 2 bridgehead atoms. The predicted octanol–water partition coefficient (Wildman–Crippen LogP) is 4.95. The molecule has 3 nitrogen and oxygen atoms in total. The summed E-state index contributed by atoms with van der Waals surface area (Å²) in [5.74, 6) is 0.773. The number of anilines is 2. The second-order valence-electron chi connectivity index (χ2n) is 7.42. The Hall–Kier alpha value is -1.20. The van der Waals surface area contributed by atoms with E-state index in [0.717, 1.165) is 19.1 Å². The molecule has 0 saturated carbocycles. The van der Waals surface area contributed by atoms with E-state index < -0.39 is 0 Å². The molecule has 5 heteroatoms. The van der Waals surface area contributed by atoms with Gasteiger partial charge in [0.2, 0.25) is 0 Å². The molecule has 2 aromatic rings. The van der Waals surface area contributed by atoms with Gasteiger partial charge in [0.15, 0.2) is 0 Å². The van der Waals surface area contributed by atoms with Crippen LogP contribution >= 0.6 is 24.2 Å². The summed E-state index contributed by atoms with van der Waals surface area (Å²) in [6.45, 7) is 4.40. The van der Waals surface area contributed by atoms with Crippen LogP contribution in [0.2, 0.25) is 0 Å². The molecule has 4 heterocycles. The predicted molar refractivity (Wildman–Crippen MR) is 110 cm³/mol. The fourth-order valence-corrected chi connectivity index (χ4v) is 5.59. The van der Waals surface area contributed by atoms with E-state index in [0.29, 0.717) is 6.10 Å². The van der Waals surface area contributed by atoms with Crippen molar-refractivity contribution < 1.29 is 4.74 Å². The number of halogens is 1. The zero-order chi connectivity index (χ0) is 16.8. The molecule has 0 spiro atoms. The van der Waals surface area contributed by atoms with Crippen LogP contribution in [-0.2, 0) is 11.3 Å². The maximum Gasteiger partial charge on any atom is 0.0735 e. The van der Waals surface area contributed by atoms with Gasteiger partial charge in [-0.3, -0.25) is 0 Å². The fraction of sp³-hybridized carbons (Fsp3) is 0.429. The average Bonchev–Trinajstić information content (AvgIpc) is 2.67. The maximum atomic E-state index is 6.33. The van der Waals surface area contributed by atoms with Crippen LogP contribution in [0.3, 0.4) is 0 Å². The SMILES string of the molecule is CN1c2ccccc2Sc2cc(CO[C@H]3CN4CCC3CC4)ccc21.Cl. The molecule has 26 heavy (non-hydrogen) atoms. The zero-order valence-electron chi connectivity index (χ0n) is 15.1. The summed E-state index contributed by atoms with van der Waals surface area (Å²) in [5.41, 5.74) is 3.86. The fourth-order valence-electron chi connectivity index (χ4n) is 4.38. The van der Waals surface area contributed by atoms with Crippen molar-refractivity contribution in [2.45, 2.75) is 35.3 Å². The van der Waals surface area contributed by atoms with Gasteiger partial charge in [0.05, 0.1) is 24.1 Å². The number of nitrogens with zero attached hydrogens (tertiary/aromatic N) is 2. The van der Waals surface area contributed by atoms with E-state index in [1.807, 2.05) is 11.8 Å². The number of benzene rings is 2. The molecule has 1 atom stereocenters. The Morgan fingerprint density at radius 3 is 2.58 bits per heavy atom. The zero-order valence-corrected chi connectivity index (χ0v) is 16.7. The minimum Gasteiger partial charge on any atom is -0.372 e. The second kappa shape index (κ2) is 7.43. The topological polar surface area (TPSA) is 15.7 Å². The molecular formula is C21H25ClN2OS. The number of fused-ring (bicyclic) bond motifs is 5. The minimum absolute atomic E-state index is 0. The smallest absolute Gasteiger partial charge is 0.0735 e. The second-order valence-corrected chi connectivity index (χ2v) is 8.50. The van der Waals surface area contributed by atoms with Gasteiger partial charge in [-0.05, 0) is 61.7 Å². The van der Waals surface area contributed by atoms with Gasteiger partial charge in [0, 0.05) is 23.4 Å². The Balaban J connectivity index is 0.00000168. The number of ether oxygens (including phenoxy) is 1. The highest BCUT2D eigenvalue weighted by Crippen LogP contribution is 2.47. The highest BCUT2D eigenvalue weighted by molar-refractivity contribution is 7.99. The summed E-state index contributed by atoms with van der Waals surface area (Å²) in [7, 11) is 2.15. The summed E-state index contributed by atoms with van der Waals surface area (Å²) in [6.07, 6.45) is 3.05. The monoisotopic (exact) mass is 388 g/mol. The molecule has 6 rings (SSSR count). The molecule has 0 N–H and O–H groups in total. The molecule has 0 unspecified atom stereocenters. The van der Waals surface area contributed by atoms with Crippen LogP contribution in [0.5, 0.6) is 0 Å². The van der Waals surface area contributed by atoms with Crippen molar-refractivity contribution in [1.82, 2.24) is 4.90 Å². The van der Waals surface area contributed by atoms with Crippen molar-refractivity contribution in [1.29, 1.82) is 0 Å². The standard InChI is InChI=1S/C21H24N2OS.ClH/c1-22-17-4-2-3-5-20(17)25-21-12-15(6-7-18(21)22)14-24-19-13-23-10-8-16(19)9-11-23;/h2-7,12,16,19H,8-11,13-14H2,1H3;1H/t19-;/m0./s1. The summed E-state index contributed by atoms with van der Waals surface area (Å²) in [4.78, 5) is 7.50. The average molecular weight is 389 g/mol. The van der Waals surface area contributed by atoms with E-state index in [1.54, 1.807) is 0 Å². The van der Waals surface area contributed by atoms with Crippen LogP contribution in [0.1, 0.15) is 18.4 Å². The van der Waals surface area contributed by atoms with E-state index >= 15 is 0 Å². The van der Waals surface area contributed by atoms with Crippen LogP contribution < -0.4 is 4.90 Å². The van der Waals surface area contributed by atoms with Crippen LogP contribution in [0.4, 0.5) is 11.4 Å². The summed E-state index contributed by atoms with van der Waals surface area (Å²) < 4.78 is 6.33. The molecule has 0 aliphatic carbocycles. The maximum absolute atomic E-state index is 6.33. The van der Waals surface area contributed by atoms with Crippen LogP contribution in [0.15, 0.2) is 52.3 Å². The highest BCUT2D eigenvalue weighted by Gasteiger charge is 2.34. The van der Waals surface area contributed by atoms with Gasteiger partial charge >= 0.3 is 0 Å². The van der Waals surface area contributed by atoms with E-state index in [9.17, 15) is 0 Å². The normalized spacial score (nSPS) is 26.0. The highest BCUT2D eigenvalue weighted by atomic mass is 35.5. The van der Waals surface area contributed by atoms with E-state index in [-0.39, 0.29) is 12.4 Å². The third-order valence-corrected chi connectivity index (χ3v) is 7.00. The van der Waals surface area contributed by atoms with Gasteiger partial charge < -0.3 is 14.5 Å². The number of hydrogen-bond donors (Lipinski definition) is 0. The van der Waals surface area contributed by atoms with Crippen molar-refractivity contribution >= 4 is 35.5 Å². The van der Waals surface area contributed by atoms with Gasteiger partial charge in [-0.2, -0.15) is 0 Å². The quantitative estimate of drug-likeness (QED) is 0.738. The lowest BCUT2D eigenvalue weighted by Gasteiger charge is -2.44. The van der Waals surface area contributed by atoms with Crippen molar-refractivity contribution in [3.8, 4) is 0 Å². The van der Waals surface area contributed by atoms with Crippen molar-refractivity contribution in [2.24, 2.45) is 5.92 Å². The molecule has 0 amide bonds. The first-order valence-electron chi connectivity index (χ1n) is 9.25. The Morgan fingerprint density at radius 2 is 1.81 bits per heavy atom. The van der Waals surface area contributed by atoms with E-state index in [4.69, 9.17) is 4.74 Å². The van der Waals surface area contributed by atoms with Crippen LogP contribution in [0.25, 0.3) is 0 Å². The van der Waals surface area contributed by atoms with E-state index in [2.05, 4.69) is 59.3 Å². The van der Waals surface area contributed by atoms with Crippen LogP contribution in [0, 0.1) is 5.92 Å². The molecule has 138 valence electrons. The first-order valence-corrected chi connectivity index (χ1v) is 10.1. The number of rotatable bonds is 3. The molecule has 4 aliphatic heterocycles. The largest absolute Gasteiger partial charge is 0.372 e. The lowest BCUT2D eigenvalue weighted by atomic mass is 9.86. The summed E-state index contributed by atoms with van der Waals surface area (Å²) in [5, 5.41) is 0. The molecule has 0 aromatic heterocycles. The van der Waals surface area contributed by atoms with Crippen LogP contribution in [-0.4, -0.2) is 37.7 Å².